The zero-order valence-corrected chi connectivity index (χ0v) is 7.82. The summed E-state index contributed by atoms with van der Waals surface area (Å²) < 4.78 is 0. The third-order valence-corrected chi connectivity index (χ3v) is 1.40. The van der Waals surface area contributed by atoms with Gasteiger partial charge in [0.05, 0.1) is 6.20 Å². The van der Waals surface area contributed by atoms with Gasteiger partial charge in [0.2, 0.25) is 0 Å². The Hall–Kier alpha value is -2.30. The van der Waals surface area contributed by atoms with E-state index in [0.717, 1.165) is 0 Å². The first-order valence-corrected chi connectivity index (χ1v) is 4.16. The topological polar surface area (TPSA) is 76.0 Å². The van der Waals surface area contributed by atoms with Gasteiger partial charge in [0, 0.05) is 0 Å². The Kier molecular flexibility index (Phi) is 4.45. The molecule has 0 atom stereocenters. The van der Waals surface area contributed by atoms with E-state index in [1.54, 1.807) is 24.3 Å². The predicted molar refractivity (Wildman–Crippen MR) is 53.3 cm³/mol. The minimum Gasteiger partial charge on any atom is -0.508 e. The van der Waals surface area contributed by atoms with E-state index in [9.17, 15) is 4.79 Å². The molecular weight excluding hydrogens is 194 g/mol. The highest BCUT2D eigenvalue weighted by atomic mass is 16.3. The molecule has 0 amide bonds. The standard InChI is InChI=1S/C6H6O.C4H3N3O/c7-6-4-2-1-3-5-6;8-3-4-1-2-5-7-6-4/h1-5,7H;1-3H. The molecule has 76 valence electrons. The second-order valence-electron chi connectivity index (χ2n) is 2.50. The number of para-hydroxylation sites is 1. The molecule has 0 saturated carbocycles. The van der Waals surface area contributed by atoms with E-state index < -0.39 is 0 Å². The predicted octanol–water partition coefficient (Wildman–Crippen LogP) is 1.08. The van der Waals surface area contributed by atoms with E-state index in [-0.39, 0.29) is 0 Å². The molecule has 0 bridgehead atoms. The second-order valence-corrected chi connectivity index (χ2v) is 2.50. The first-order chi connectivity index (χ1) is 7.33. The summed E-state index contributed by atoms with van der Waals surface area (Å²) in [6, 6.07) is 10.2. The van der Waals surface area contributed by atoms with Gasteiger partial charge >= 0.3 is 0 Å². The minimum absolute atomic E-state index is 0.306. The van der Waals surface area contributed by atoms with Crippen molar-refractivity contribution in [3.8, 4) is 5.75 Å². The maximum Gasteiger partial charge on any atom is 0.170 e. The Labute approximate surface area is 86.4 Å². The molecule has 5 nitrogen and oxygen atoms in total. The Balaban J connectivity index is 0.000000151. The van der Waals surface area contributed by atoms with Gasteiger partial charge < -0.3 is 5.11 Å². The van der Waals surface area contributed by atoms with Gasteiger partial charge in [0.25, 0.3) is 0 Å². The Morgan fingerprint density at radius 2 is 1.87 bits per heavy atom. The summed E-state index contributed by atoms with van der Waals surface area (Å²) in [5.74, 6) is 0.322. The number of hydrogen-bond acceptors (Lipinski definition) is 5. The molecule has 0 fully saturated rings. The van der Waals surface area contributed by atoms with Crippen LogP contribution in [0.2, 0.25) is 0 Å². The van der Waals surface area contributed by atoms with Gasteiger partial charge in [-0.25, -0.2) is 0 Å². The van der Waals surface area contributed by atoms with Gasteiger partial charge in [-0.2, -0.15) is 0 Å². The molecule has 2 rings (SSSR count). The average Bonchev–Trinajstić information content (AvgIpc) is 2.32. The number of aromatic nitrogens is 3. The number of nitrogens with zero attached hydrogens (tertiary/aromatic N) is 3. The van der Waals surface area contributed by atoms with Crippen molar-refractivity contribution >= 4 is 6.29 Å². The van der Waals surface area contributed by atoms with Crippen molar-refractivity contribution < 1.29 is 9.90 Å². The van der Waals surface area contributed by atoms with Crippen LogP contribution >= 0.6 is 0 Å². The average molecular weight is 203 g/mol. The van der Waals surface area contributed by atoms with Gasteiger partial charge in [-0.1, -0.05) is 18.2 Å². The molecule has 1 aromatic carbocycles. The summed E-state index contributed by atoms with van der Waals surface area (Å²) in [5, 5.41) is 18.6. The Morgan fingerprint density at radius 1 is 1.13 bits per heavy atom. The minimum atomic E-state index is 0.306. The van der Waals surface area contributed by atoms with Gasteiger partial charge in [-0.05, 0) is 23.4 Å². The second kappa shape index (κ2) is 6.20. The maximum atomic E-state index is 9.88. The number of phenols is 1. The fourth-order valence-electron chi connectivity index (χ4n) is 0.741. The summed E-state index contributed by atoms with van der Waals surface area (Å²) in [6.07, 6.45) is 2.03. The highest BCUT2D eigenvalue weighted by Crippen LogP contribution is 2.02. The molecule has 5 heteroatoms. The van der Waals surface area contributed by atoms with Gasteiger partial charge in [0.15, 0.2) is 6.29 Å². The summed E-state index contributed by atoms with van der Waals surface area (Å²) in [7, 11) is 0. The molecule has 1 heterocycles. The lowest BCUT2D eigenvalue weighted by Gasteiger charge is -1.82. The molecular formula is C10H9N3O2. The summed E-state index contributed by atoms with van der Waals surface area (Å²) in [4.78, 5) is 9.88. The highest BCUT2D eigenvalue weighted by Gasteiger charge is 1.84. The van der Waals surface area contributed by atoms with E-state index in [0.29, 0.717) is 17.7 Å². The van der Waals surface area contributed by atoms with Crippen LogP contribution in [0.5, 0.6) is 5.75 Å². The Morgan fingerprint density at radius 3 is 2.20 bits per heavy atom. The van der Waals surface area contributed by atoms with E-state index in [1.807, 2.05) is 6.07 Å². The number of carbonyl (C=O) groups is 1. The molecule has 0 spiro atoms. The molecule has 0 radical (unpaired) electrons. The number of aromatic hydroxyl groups is 1. The number of hydrogen-bond donors (Lipinski definition) is 1. The van der Waals surface area contributed by atoms with Crippen molar-refractivity contribution in [3.05, 3.63) is 48.3 Å². The van der Waals surface area contributed by atoms with E-state index in [1.165, 1.54) is 12.3 Å². The summed E-state index contributed by atoms with van der Waals surface area (Å²) in [6.45, 7) is 0. The van der Waals surface area contributed by atoms with E-state index in [4.69, 9.17) is 5.11 Å². The van der Waals surface area contributed by atoms with Crippen molar-refractivity contribution in [2.45, 2.75) is 0 Å². The molecule has 1 N–H and O–H groups in total. The number of carbonyl (C=O) groups excluding carboxylic acids is 1. The zero-order valence-electron chi connectivity index (χ0n) is 7.82. The largest absolute Gasteiger partial charge is 0.508 e. The fourth-order valence-corrected chi connectivity index (χ4v) is 0.741. The molecule has 0 aliphatic carbocycles. The summed E-state index contributed by atoms with van der Waals surface area (Å²) in [5.41, 5.74) is 0.306. The smallest absolute Gasteiger partial charge is 0.170 e. The van der Waals surface area contributed by atoms with Crippen LogP contribution in [0.4, 0.5) is 0 Å². The van der Waals surface area contributed by atoms with Crippen molar-refractivity contribution in [1.82, 2.24) is 15.4 Å². The lowest BCUT2D eigenvalue weighted by molar-refractivity contribution is 0.111. The van der Waals surface area contributed by atoms with Gasteiger partial charge in [-0.3, -0.25) is 4.79 Å². The van der Waals surface area contributed by atoms with Crippen LogP contribution in [-0.2, 0) is 0 Å². The first-order valence-electron chi connectivity index (χ1n) is 4.16. The molecule has 2 aromatic rings. The summed E-state index contributed by atoms with van der Waals surface area (Å²) >= 11 is 0. The molecule has 0 aliphatic rings. The van der Waals surface area contributed by atoms with Crippen molar-refractivity contribution in [2.75, 3.05) is 0 Å². The third-order valence-electron chi connectivity index (χ3n) is 1.40. The SMILES string of the molecule is O=Cc1ccnnn1.Oc1ccccc1. The van der Waals surface area contributed by atoms with E-state index in [2.05, 4.69) is 15.4 Å². The third kappa shape index (κ3) is 4.47. The molecule has 1 aromatic heterocycles. The van der Waals surface area contributed by atoms with E-state index >= 15 is 0 Å². The highest BCUT2D eigenvalue weighted by molar-refractivity contribution is 5.70. The van der Waals surface area contributed by atoms with Gasteiger partial charge in [-0.15, -0.1) is 10.2 Å². The lowest BCUT2D eigenvalue weighted by Crippen LogP contribution is -1.90. The monoisotopic (exact) mass is 203 g/mol. The number of benzene rings is 1. The molecule has 15 heavy (non-hydrogen) atoms. The van der Waals surface area contributed by atoms with Crippen LogP contribution < -0.4 is 0 Å². The molecule has 0 unspecified atom stereocenters. The van der Waals surface area contributed by atoms with Crippen LogP contribution in [0.1, 0.15) is 10.5 Å². The van der Waals surface area contributed by atoms with Crippen LogP contribution in [0.15, 0.2) is 42.6 Å². The Bertz CT molecular complexity index is 392. The quantitative estimate of drug-likeness (QED) is 0.702. The first kappa shape index (κ1) is 10.8. The van der Waals surface area contributed by atoms with Crippen LogP contribution in [0.3, 0.4) is 0 Å². The number of aldehydes is 1. The van der Waals surface area contributed by atoms with Crippen molar-refractivity contribution in [1.29, 1.82) is 0 Å². The van der Waals surface area contributed by atoms with Crippen molar-refractivity contribution in [3.63, 3.8) is 0 Å². The van der Waals surface area contributed by atoms with Crippen molar-refractivity contribution in [2.24, 2.45) is 0 Å². The maximum absolute atomic E-state index is 9.88. The van der Waals surface area contributed by atoms with Crippen LogP contribution in [0, 0.1) is 0 Å². The fraction of sp³-hybridized carbons (Fsp3) is 0. The number of rotatable bonds is 1. The molecule has 0 aliphatic heterocycles. The van der Waals surface area contributed by atoms with Crippen LogP contribution in [-0.4, -0.2) is 26.8 Å². The van der Waals surface area contributed by atoms with Crippen LogP contribution in [0.25, 0.3) is 0 Å². The zero-order chi connectivity index (χ0) is 10.9. The number of phenolic OH excluding ortho intramolecular Hbond substituents is 1. The van der Waals surface area contributed by atoms with Gasteiger partial charge in [0.1, 0.15) is 11.4 Å². The normalized spacial score (nSPS) is 8.53. The molecule has 0 saturated heterocycles. The lowest BCUT2D eigenvalue weighted by atomic mass is 10.3.